The number of benzene rings is 3. The van der Waals surface area contributed by atoms with Gasteiger partial charge in [0.05, 0.1) is 15.4 Å². The number of nitro benzene ring substituents is 1. The smallest absolute Gasteiger partial charge is 0.269 e. The lowest BCUT2D eigenvalue weighted by molar-refractivity contribution is -0.384. The molecule has 1 heterocycles. The van der Waals surface area contributed by atoms with Crippen molar-refractivity contribution in [2.75, 3.05) is 6.54 Å². The first-order valence-electron chi connectivity index (χ1n) is 9.66. The van der Waals surface area contributed by atoms with Crippen LogP contribution in [0.3, 0.4) is 0 Å². The summed E-state index contributed by atoms with van der Waals surface area (Å²) in [6.07, 6.45) is 0.551. The largest absolute Gasteiger partial charge is 0.274 e. The first-order valence-corrected chi connectivity index (χ1v) is 10.5. The molecule has 0 unspecified atom stereocenters. The van der Waals surface area contributed by atoms with Gasteiger partial charge in [-0.2, -0.15) is 0 Å². The molecular weight excluding hydrogens is 412 g/mol. The molecule has 7 heteroatoms. The lowest BCUT2D eigenvalue weighted by Crippen LogP contribution is -2.33. The summed E-state index contributed by atoms with van der Waals surface area (Å²) in [5.74, 6) is -0.726. The third-order valence-electron chi connectivity index (χ3n) is 4.92. The van der Waals surface area contributed by atoms with Crippen LogP contribution in [0.4, 0.5) is 5.69 Å². The molecule has 3 aromatic rings. The number of nitro groups is 1. The number of hydrogen-bond acceptors (Lipinski definition) is 5. The van der Waals surface area contributed by atoms with E-state index < -0.39 is 4.92 Å². The summed E-state index contributed by atoms with van der Waals surface area (Å²) in [4.78, 5) is 39.4. The standard InChI is InChI=1S/C24H18N2O4S/c27-23-21(18-11-13-19(14-12-18)26(29)30)22(31-20-9-5-2-6-10-20)24(28)25(23)16-15-17-7-3-1-4-8-17/h1-14H,15-16H2. The maximum Gasteiger partial charge on any atom is 0.269 e. The molecule has 4 rings (SSSR count). The molecule has 0 fully saturated rings. The molecule has 154 valence electrons. The van der Waals surface area contributed by atoms with Crippen LogP contribution in [0.1, 0.15) is 11.1 Å². The number of amides is 2. The number of rotatable bonds is 7. The zero-order chi connectivity index (χ0) is 21.8. The summed E-state index contributed by atoms with van der Waals surface area (Å²) < 4.78 is 0. The zero-order valence-corrected chi connectivity index (χ0v) is 17.2. The van der Waals surface area contributed by atoms with Crippen molar-refractivity contribution in [3.8, 4) is 0 Å². The number of non-ortho nitro benzene ring substituents is 1. The highest BCUT2D eigenvalue weighted by molar-refractivity contribution is 8.04. The van der Waals surface area contributed by atoms with Gasteiger partial charge >= 0.3 is 0 Å². The van der Waals surface area contributed by atoms with Crippen LogP contribution in [0.25, 0.3) is 5.57 Å². The van der Waals surface area contributed by atoms with Crippen LogP contribution < -0.4 is 0 Å². The van der Waals surface area contributed by atoms with Gasteiger partial charge in [-0.15, -0.1) is 0 Å². The van der Waals surface area contributed by atoms with E-state index in [2.05, 4.69) is 0 Å². The van der Waals surface area contributed by atoms with E-state index in [0.717, 1.165) is 10.5 Å². The van der Waals surface area contributed by atoms with Crippen molar-refractivity contribution < 1.29 is 14.5 Å². The molecule has 31 heavy (non-hydrogen) atoms. The van der Waals surface area contributed by atoms with Gasteiger partial charge < -0.3 is 0 Å². The van der Waals surface area contributed by atoms with Crippen LogP contribution >= 0.6 is 11.8 Å². The molecule has 6 nitrogen and oxygen atoms in total. The number of hydrogen-bond donors (Lipinski definition) is 0. The maximum absolute atomic E-state index is 13.3. The molecule has 0 spiro atoms. The van der Waals surface area contributed by atoms with Crippen LogP contribution in [0.15, 0.2) is 94.7 Å². The van der Waals surface area contributed by atoms with E-state index in [1.807, 2.05) is 60.7 Å². The fourth-order valence-corrected chi connectivity index (χ4v) is 4.38. The van der Waals surface area contributed by atoms with Gasteiger partial charge in [0.1, 0.15) is 0 Å². The fourth-order valence-electron chi connectivity index (χ4n) is 3.35. The Morgan fingerprint density at radius 2 is 1.42 bits per heavy atom. The van der Waals surface area contributed by atoms with Crippen molar-refractivity contribution in [1.29, 1.82) is 0 Å². The molecular formula is C24H18N2O4S. The highest BCUT2D eigenvalue weighted by Gasteiger charge is 2.39. The van der Waals surface area contributed by atoms with Crippen LogP contribution in [0.2, 0.25) is 0 Å². The molecule has 0 saturated carbocycles. The topological polar surface area (TPSA) is 80.5 Å². The van der Waals surface area contributed by atoms with E-state index >= 15 is 0 Å². The summed E-state index contributed by atoms with van der Waals surface area (Å²) in [7, 11) is 0. The summed E-state index contributed by atoms with van der Waals surface area (Å²) >= 11 is 1.24. The first-order chi connectivity index (χ1) is 15.0. The van der Waals surface area contributed by atoms with E-state index in [9.17, 15) is 19.7 Å². The maximum atomic E-state index is 13.3. The Labute approximate surface area is 183 Å². The second-order valence-corrected chi connectivity index (χ2v) is 8.00. The van der Waals surface area contributed by atoms with Gasteiger partial charge in [-0.3, -0.25) is 24.6 Å². The third kappa shape index (κ3) is 4.41. The summed E-state index contributed by atoms with van der Waals surface area (Å²) in [6.45, 7) is 0.261. The van der Waals surface area contributed by atoms with Crippen molar-refractivity contribution in [1.82, 2.24) is 4.90 Å². The molecule has 1 aliphatic rings. The molecule has 0 bridgehead atoms. The Kier molecular flexibility index (Phi) is 5.95. The Balaban J connectivity index is 1.67. The lowest BCUT2D eigenvalue weighted by atomic mass is 10.1. The molecule has 0 radical (unpaired) electrons. The second-order valence-electron chi connectivity index (χ2n) is 6.92. The quantitative estimate of drug-likeness (QED) is 0.308. The molecule has 1 aliphatic heterocycles. The van der Waals surface area contributed by atoms with Gasteiger partial charge in [-0.1, -0.05) is 60.3 Å². The van der Waals surface area contributed by atoms with Crippen LogP contribution in [0, 0.1) is 10.1 Å². The number of imide groups is 1. The van der Waals surface area contributed by atoms with E-state index in [1.54, 1.807) is 0 Å². The highest BCUT2D eigenvalue weighted by atomic mass is 32.2. The average Bonchev–Trinajstić information content (AvgIpc) is 3.03. The molecule has 0 N–H and O–H groups in total. The first kappa shape index (κ1) is 20.6. The van der Waals surface area contributed by atoms with Gasteiger partial charge in [0.15, 0.2) is 0 Å². The molecule has 2 amide bonds. The van der Waals surface area contributed by atoms with Crippen molar-refractivity contribution in [3.63, 3.8) is 0 Å². The van der Waals surface area contributed by atoms with Crippen molar-refractivity contribution in [2.45, 2.75) is 11.3 Å². The number of carbonyl (C=O) groups excluding carboxylic acids is 2. The molecule has 0 atom stereocenters. The highest BCUT2D eigenvalue weighted by Crippen LogP contribution is 2.40. The Morgan fingerprint density at radius 3 is 2.03 bits per heavy atom. The van der Waals surface area contributed by atoms with E-state index in [-0.39, 0.29) is 29.6 Å². The van der Waals surface area contributed by atoms with Crippen LogP contribution in [-0.2, 0) is 16.0 Å². The fraction of sp³-hybridized carbons (Fsp3) is 0.0833. The van der Waals surface area contributed by atoms with Gasteiger partial charge in [-0.25, -0.2) is 0 Å². The minimum atomic E-state index is -0.494. The van der Waals surface area contributed by atoms with Crippen LogP contribution in [0.5, 0.6) is 0 Å². The Morgan fingerprint density at radius 1 is 0.806 bits per heavy atom. The minimum absolute atomic E-state index is 0.0701. The Bertz CT molecular complexity index is 1160. The number of carbonyl (C=O) groups is 2. The van der Waals surface area contributed by atoms with E-state index in [0.29, 0.717) is 16.9 Å². The predicted octanol–water partition coefficient (Wildman–Crippen LogP) is 4.71. The van der Waals surface area contributed by atoms with Crippen LogP contribution in [-0.4, -0.2) is 28.2 Å². The van der Waals surface area contributed by atoms with Gasteiger partial charge in [0, 0.05) is 23.6 Å². The molecule has 3 aromatic carbocycles. The monoisotopic (exact) mass is 430 g/mol. The predicted molar refractivity (Wildman–Crippen MR) is 119 cm³/mol. The van der Waals surface area contributed by atoms with Gasteiger partial charge in [0.25, 0.3) is 17.5 Å². The summed E-state index contributed by atoms with van der Waals surface area (Å²) in [6, 6.07) is 24.7. The Hall–Kier alpha value is -3.71. The van der Waals surface area contributed by atoms with E-state index in [1.165, 1.54) is 40.9 Å². The average molecular weight is 430 g/mol. The summed E-state index contributed by atoms with van der Waals surface area (Å²) in [5.41, 5.74) is 1.73. The van der Waals surface area contributed by atoms with Gasteiger partial charge in [0.2, 0.25) is 0 Å². The van der Waals surface area contributed by atoms with Crippen molar-refractivity contribution in [2.24, 2.45) is 0 Å². The van der Waals surface area contributed by atoms with E-state index in [4.69, 9.17) is 0 Å². The molecule has 0 aliphatic carbocycles. The number of nitrogens with zero attached hydrogens (tertiary/aromatic N) is 2. The molecule has 0 saturated heterocycles. The molecule has 0 aromatic heterocycles. The van der Waals surface area contributed by atoms with Crippen molar-refractivity contribution >= 4 is 34.8 Å². The summed E-state index contributed by atoms with van der Waals surface area (Å²) in [5, 5.41) is 11.0. The normalized spacial score (nSPS) is 13.7. The van der Waals surface area contributed by atoms with Gasteiger partial charge in [-0.05, 0) is 41.8 Å². The minimum Gasteiger partial charge on any atom is -0.274 e. The van der Waals surface area contributed by atoms with Crippen molar-refractivity contribution in [3.05, 3.63) is 111 Å². The number of thioether (sulfide) groups is 1. The second kappa shape index (κ2) is 8.97. The zero-order valence-electron chi connectivity index (χ0n) is 16.4. The SMILES string of the molecule is O=C1C(Sc2ccccc2)=C(c2ccc([N+](=O)[O-])cc2)C(=O)N1CCc1ccccc1. The lowest BCUT2D eigenvalue weighted by Gasteiger charge is -2.15. The third-order valence-corrected chi connectivity index (χ3v) is 6.01.